The van der Waals surface area contributed by atoms with E-state index in [9.17, 15) is 9.59 Å². The lowest BCUT2D eigenvalue weighted by atomic mass is 10.0. The molecule has 5 heteroatoms. The molecule has 1 rings (SSSR count). The van der Waals surface area contributed by atoms with Crippen molar-refractivity contribution >= 4 is 11.9 Å². The van der Waals surface area contributed by atoms with Gasteiger partial charge in [-0.2, -0.15) is 0 Å². The lowest BCUT2D eigenvalue weighted by Gasteiger charge is -2.22. The predicted molar refractivity (Wildman–Crippen MR) is 62.6 cm³/mol. The number of nitrogens with one attached hydrogen (secondary N) is 1. The Morgan fingerprint density at radius 2 is 1.94 bits per heavy atom. The molecule has 3 unspecified atom stereocenters. The molecular formula is C12H21NO4. The van der Waals surface area contributed by atoms with Crippen LogP contribution in [0.25, 0.3) is 0 Å². The summed E-state index contributed by atoms with van der Waals surface area (Å²) in [5.41, 5.74) is 0. The molecule has 0 spiro atoms. The van der Waals surface area contributed by atoms with E-state index >= 15 is 0 Å². The van der Waals surface area contributed by atoms with Gasteiger partial charge in [0.2, 0.25) is 5.91 Å². The molecule has 1 aliphatic heterocycles. The highest BCUT2D eigenvalue weighted by molar-refractivity contribution is 5.82. The maximum atomic E-state index is 11.9. The SMILES string of the molecule is CCC(NC(=O)C1CCC(C(=O)O)O1)C(C)C. The van der Waals surface area contributed by atoms with Gasteiger partial charge in [0.1, 0.15) is 6.10 Å². The highest BCUT2D eigenvalue weighted by Gasteiger charge is 2.35. The summed E-state index contributed by atoms with van der Waals surface area (Å²) in [6.45, 7) is 6.11. The Labute approximate surface area is 102 Å². The molecule has 17 heavy (non-hydrogen) atoms. The van der Waals surface area contributed by atoms with Crippen LogP contribution in [0.5, 0.6) is 0 Å². The Kier molecular flexibility index (Phi) is 4.93. The van der Waals surface area contributed by atoms with Crippen molar-refractivity contribution in [3.63, 3.8) is 0 Å². The van der Waals surface area contributed by atoms with Gasteiger partial charge in [-0.05, 0) is 25.2 Å². The maximum Gasteiger partial charge on any atom is 0.332 e. The van der Waals surface area contributed by atoms with Gasteiger partial charge in [-0.15, -0.1) is 0 Å². The second kappa shape index (κ2) is 6.00. The number of aliphatic carboxylic acids is 1. The van der Waals surface area contributed by atoms with E-state index in [1.807, 2.05) is 20.8 Å². The highest BCUT2D eigenvalue weighted by Crippen LogP contribution is 2.20. The third-order valence-corrected chi connectivity index (χ3v) is 3.16. The number of carbonyl (C=O) groups is 2. The number of carbonyl (C=O) groups excluding carboxylic acids is 1. The second-order valence-electron chi connectivity index (χ2n) is 4.80. The van der Waals surface area contributed by atoms with Gasteiger partial charge in [0, 0.05) is 6.04 Å². The largest absolute Gasteiger partial charge is 0.479 e. The first-order valence-electron chi connectivity index (χ1n) is 6.14. The van der Waals surface area contributed by atoms with Crippen molar-refractivity contribution in [1.82, 2.24) is 5.32 Å². The number of hydrogen-bond donors (Lipinski definition) is 2. The van der Waals surface area contributed by atoms with Crippen molar-refractivity contribution < 1.29 is 19.4 Å². The van der Waals surface area contributed by atoms with Crippen LogP contribution in [0.15, 0.2) is 0 Å². The summed E-state index contributed by atoms with van der Waals surface area (Å²) in [6.07, 6.45) is 0.315. The predicted octanol–water partition coefficient (Wildman–Crippen LogP) is 1.17. The van der Waals surface area contributed by atoms with Crippen LogP contribution in [-0.4, -0.2) is 35.2 Å². The summed E-state index contributed by atoms with van der Waals surface area (Å²) in [4.78, 5) is 22.6. The van der Waals surface area contributed by atoms with Crippen molar-refractivity contribution in [2.24, 2.45) is 5.92 Å². The number of hydrogen-bond acceptors (Lipinski definition) is 3. The zero-order valence-corrected chi connectivity index (χ0v) is 10.6. The van der Waals surface area contributed by atoms with E-state index in [2.05, 4.69) is 5.32 Å². The summed E-state index contributed by atoms with van der Waals surface area (Å²) in [5.74, 6) is -0.814. The molecule has 98 valence electrons. The number of ether oxygens (including phenoxy) is 1. The number of carboxylic acid groups (broad SMARTS) is 1. The Hall–Kier alpha value is -1.10. The minimum Gasteiger partial charge on any atom is -0.479 e. The molecular weight excluding hydrogens is 222 g/mol. The first-order chi connectivity index (χ1) is 7.95. The van der Waals surface area contributed by atoms with E-state index in [0.717, 1.165) is 6.42 Å². The number of rotatable bonds is 5. The molecule has 1 aliphatic rings. The fourth-order valence-corrected chi connectivity index (χ4v) is 2.03. The van der Waals surface area contributed by atoms with Gasteiger partial charge in [-0.25, -0.2) is 4.79 Å². The van der Waals surface area contributed by atoms with Gasteiger partial charge < -0.3 is 15.2 Å². The zero-order valence-electron chi connectivity index (χ0n) is 10.6. The topological polar surface area (TPSA) is 75.6 Å². The van der Waals surface area contributed by atoms with E-state index in [4.69, 9.17) is 9.84 Å². The van der Waals surface area contributed by atoms with Crippen LogP contribution in [0.3, 0.4) is 0 Å². The van der Waals surface area contributed by atoms with E-state index < -0.39 is 18.2 Å². The zero-order chi connectivity index (χ0) is 13.0. The van der Waals surface area contributed by atoms with Gasteiger partial charge in [0.25, 0.3) is 0 Å². The fraction of sp³-hybridized carbons (Fsp3) is 0.833. The smallest absolute Gasteiger partial charge is 0.332 e. The Morgan fingerprint density at radius 3 is 2.35 bits per heavy atom. The average Bonchev–Trinajstić information content (AvgIpc) is 2.74. The summed E-state index contributed by atoms with van der Waals surface area (Å²) in [5, 5.41) is 11.7. The third-order valence-electron chi connectivity index (χ3n) is 3.16. The van der Waals surface area contributed by atoms with Crippen molar-refractivity contribution in [1.29, 1.82) is 0 Å². The monoisotopic (exact) mass is 243 g/mol. The minimum atomic E-state index is -0.990. The van der Waals surface area contributed by atoms with Crippen LogP contribution in [-0.2, 0) is 14.3 Å². The van der Waals surface area contributed by atoms with Crippen LogP contribution in [0.2, 0.25) is 0 Å². The van der Waals surface area contributed by atoms with Crippen LogP contribution in [0.4, 0.5) is 0 Å². The standard InChI is InChI=1S/C12H21NO4/c1-4-8(7(2)3)13-11(14)9-5-6-10(17-9)12(15)16/h7-10H,4-6H2,1-3H3,(H,13,14)(H,15,16). The van der Waals surface area contributed by atoms with Crippen LogP contribution in [0.1, 0.15) is 40.0 Å². The summed E-state index contributed by atoms with van der Waals surface area (Å²) in [7, 11) is 0. The quantitative estimate of drug-likeness (QED) is 0.760. The molecule has 0 bridgehead atoms. The summed E-state index contributed by atoms with van der Waals surface area (Å²) >= 11 is 0. The van der Waals surface area contributed by atoms with Crippen molar-refractivity contribution in [2.75, 3.05) is 0 Å². The third kappa shape index (κ3) is 3.70. The molecule has 0 aromatic carbocycles. The molecule has 1 heterocycles. The lowest BCUT2D eigenvalue weighted by molar-refractivity contribution is -0.152. The minimum absolute atomic E-state index is 0.120. The van der Waals surface area contributed by atoms with Crippen LogP contribution in [0, 0.1) is 5.92 Å². The number of amides is 1. The fourth-order valence-electron chi connectivity index (χ4n) is 2.03. The lowest BCUT2D eigenvalue weighted by Crippen LogP contribution is -2.43. The Morgan fingerprint density at radius 1 is 1.35 bits per heavy atom. The normalized spacial score (nSPS) is 25.9. The van der Waals surface area contributed by atoms with E-state index in [1.54, 1.807) is 0 Å². The van der Waals surface area contributed by atoms with Crippen molar-refractivity contribution in [3.05, 3.63) is 0 Å². The maximum absolute atomic E-state index is 11.9. The average molecular weight is 243 g/mol. The molecule has 0 aliphatic carbocycles. The van der Waals surface area contributed by atoms with E-state index in [-0.39, 0.29) is 11.9 Å². The van der Waals surface area contributed by atoms with Gasteiger partial charge in [-0.3, -0.25) is 4.79 Å². The molecule has 0 aromatic rings. The molecule has 1 amide bonds. The number of carboxylic acids is 1. The molecule has 1 saturated heterocycles. The first-order valence-corrected chi connectivity index (χ1v) is 6.14. The van der Waals surface area contributed by atoms with Gasteiger partial charge in [-0.1, -0.05) is 20.8 Å². The Balaban J connectivity index is 2.46. The molecule has 1 fully saturated rings. The molecule has 0 saturated carbocycles. The molecule has 2 N–H and O–H groups in total. The van der Waals surface area contributed by atoms with Gasteiger partial charge in [0.05, 0.1) is 0 Å². The van der Waals surface area contributed by atoms with E-state index in [0.29, 0.717) is 18.8 Å². The molecule has 0 aromatic heterocycles. The van der Waals surface area contributed by atoms with Crippen molar-refractivity contribution in [3.8, 4) is 0 Å². The van der Waals surface area contributed by atoms with Crippen LogP contribution < -0.4 is 5.32 Å². The molecule has 0 radical (unpaired) electrons. The van der Waals surface area contributed by atoms with E-state index in [1.165, 1.54) is 0 Å². The van der Waals surface area contributed by atoms with Crippen LogP contribution >= 0.6 is 0 Å². The molecule has 5 nitrogen and oxygen atoms in total. The summed E-state index contributed by atoms with van der Waals surface area (Å²) in [6, 6.07) is 0.120. The summed E-state index contributed by atoms with van der Waals surface area (Å²) < 4.78 is 5.20. The highest BCUT2D eigenvalue weighted by atomic mass is 16.5. The second-order valence-corrected chi connectivity index (χ2v) is 4.80. The van der Waals surface area contributed by atoms with Crippen molar-refractivity contribution in [2.45, 2.75) is 58.3 Å². The molecule has 3 atom stereocenters. The first kappa shape index (κ1) is 14.0. The Bertz CT molecular complexity index is 290. The van der Waals surface area contributed by atoms with Gasteiger partial charge >= 0.3 is 5.97 Å². The van der Waals surface area contributed by atoms with Gasteiger partial charge in [0.15, 0.2) is 6.10 Å².